The van der Waals surface area contributed by atoms with E-state index in [2.05, 4.69) is 10.6 Å². The maximum Gasteiger partial charge on any atom is 0.318 e. The molecule has 1 saturated carbocycles. The number of nitrogens with one attached hydrogen (secondary N) is 2. The van der Waals surface area contributed by atoms with E-state index >= 15 is 0 Å². The van der Waals surface area contributed by atoms with Crippen molar-refractivity contribution in [1.82, 2.24) is 15.5 Å². The molecule has 0 spiro atoms. The average Bonchev–Trinajstić information content (AvgIpc) is 2.76. The van der Waals surface area contributed by atoms with Gasteiger partial charge in [-0.3, -0.25) is 9.59 Å². The van der Waals surface area contributed by atoms with Crippen molar-refractivity contribution < 1.29 is 19.5 Å². The molecule has 0 aliphatic heterocycles. The van der Waals surface area contributed by atoms with Crippen LogP contribution in [0.15, 0.2) is 0 Å². The summed E-state index contributed by atoms with van der Waals surface area (Å²) in [4.78, 5) is 35.7. The molecule has 7 heteroatoms. The van der Waals surface area contributed by atoms with E-state index in [0.29, 0.717) is 19.4 Å². The number of hydrogen-bond acceptors (Lipinski definition) is 3. The van der Waals surface area contributed by atoms with Crippen LogP contribution in [0.4, 0.5) is 4.79 Å². The van der Waals surface area contributed by atoms with Gasteiger partial charge in [0.15, 0.2) is 0 Å². The highest BCUT2D eigenvalue weighted by atomic mass is 16.4. The number of carbonyl (C=O) groups excluding carboxylic acids is 2. The molecule has 1 fully saturated rings. The first-order valence-electron chi connectivity index (χ1n) is 6.90. The molecule has 0 bridgehead atoms. The Bertz CT molecular complexity index is 378. The van der Waals surface area contributed by atoms with Crippen molar-refractivity contribution >= 4 is 17.9 Å². The van der Waals surface area contributed by atoms with Crippen molar-refractivity contribution in [2.75, 3.05) is 20.1 Å². The van der Waals surface area contributed by atoms with E-state index in [9.17, 15) is 14.4 Å². The van der Waals surface area contributed by atoms with Gasteiger partial charge in [-0.1, -0.05) is 12.8 Å². The summed E-state index contributed by atoms with van der Waals surface area (Å²) in [7, 11) is 1.52. The number of carboxylic acid groups (broad SMARTS) is 1. The molecule has 0 unspecified atom stereocenters. The molecule has 0 saturated heterocycles. The molecule has 3 N–H and O–H groups in total. The van der Waals surface area contributed by atoms with Gasteiger partial charge in [-0.15, -0.1) is 0 Å². The van der Waals surface area contributed by atoms with Crippen LogP contribution in [0.25, 0.3) is 0 Å². The van der Waals surface area contributed by atoms with Crippen LogP contribution in [0.2, 0.25) is 0 Å². The Hall–Kier alpha value is -1.79. The topological polar surface area (TPSA) is 98.7 Å². The number of hydrogen-bond donors (Lipinski definition) is 3. The molecule has 0 radical (unpaired) electrons. The number of rotatable bonds is 6. The van der Waals surface area contributed by atoms with Crippen molar-refractivity contribution in [3.05, 3.63) is 0 Å². The molecular formula is C13H23N3O4. The molecule has 1 aliphatic rings. The van der Waals surface area contributed by atoms with Gasteiger partial charge in [-0.05, 0) is 19.8 Å². The summed E-state index contributed by atoms with van der Waals surface area (Å²) in [5.74, 6) is -1.15. The van der Waals surface area contributed by atoms with Crippen molar-refractivity contribution in [1.29, 1.82) is 0 Å². The third-order valence-electron chi connectivity index (χ3n) is 3.52. The second-order valence-corrected chi connectivity index (χ2v) is 5.30. The van der Waals surface area contributed by atoms with Crippen molar-refractivity contribution in [3.63, 3.8) is 0 Å². The Kier molecular flexibility index (Phi) is 5.79. The predicted octanol–water partition coefficient (Wildman–Crippen LogP) is 0.551. The highest BCUT2D eigenvalue weighted by Gasteiger charge is 2.38. The Morgan fingerprint density at radius 1 is 1.25 bits per heavy atom. The normalized spacial score (nSPS) is 16.5. The number of carboxylic acids is 1. The Balaban J connectivity index is 2.57. The number of aliphatic carboxylic acids is 1. The monoisotopic (exact) mass is 285 g/mol. The first-order valence-corrected chi connectivity index (χ1v) is 6.90. The zero-order valence-electron chi connectivity index (χ0n) is 12.1. The average molecular weight is 285 g/mol. The highest BCUT2D eigenvalue weighted by molar-refractivity contribution is 5.84. The molecule has 0 aromatic heterocycles. The third kappa shape index (κ3) is 4.71. The summed E-state index contributed by atoms with van der Waals surface area (Å²) in [6.45, 7) is 2.28. The Labute approximate surface area is 118 Å². The zero-order chi connectivity index (χ0) is 15.2. The minimum absolute atomic E-state index is 0.0389. The molecule has 0 aromatic rings. The Morgan fingerprint density at radius 2 is 1.85 bits per heavy atom. The molecule has 0 aromatic carbocycles. The summed E-state index contributed by atoms with van der Waals surface area (Å²) in [6.07, 6.45) is 3.08. The molecule has 3 amide bonds. The van der Waals surface area contributed by atoms with Crippen LogP contribution < -0.4 is 10.6 Å². The summed E-state index contributed by atoms with van der Waals surface area (Å²) in [5.41, 5.74) is -0.668. The summed E-state index contributed by atoms with van der Waals surface area (Å²) < 4.78 is 0. The van der Waals surface area contributed by atoms with Gasteiger partial charge in [0.2, 0.25) is 5.91 Å². The van der Waals surface area contributed by atoms with Crippen LogP contribution in [-0.2, 0) is 9.59 Å². The van der Waals surface area contributed by atoms with Gasteiger partial charge >= 0.3 is 12.0 Å². The van der Waals surface area contributed by atoms with E-state index in [4.69, 9.17) is 5.11 Å². The number of nitrogens with zero attached hydrogens (tertiary/aromatic N) is 1. The van der Waals surface area contributed by atoms with Crippen LogP contribution in [0.5, 0.6) is 0 Å². The van der Waals surface area contributed by atoms with Crippen LogP contribution in [0.3, 0.4) is 0 Å². The first kappa shape index (κ1) is 16.3. The number of carbonyl (C=O) groups is 3. The molecule has 1 rings (SSSR count). The second-order valence-electron chi connectivity index (χ2n) is 5.30. The molecule has 20 heavy (non-hydrogen) atoms. The summed E-state index contributed by atoms with van der Waals surface area (Å²) in [5, 5.41) is 14.4. The Morgan fingerprint density at radius 3 is 2.35 bits per heavy atom. The highest BCUT2D eigenvalue weighted by Crippen LogP contribution is 2.32. The standard InChI is InChI=1S/C13H23N3O4/c1-3-14-10(17)9-16(2)12(20)15-13(8-11(18)19)6-4-5-7-13/h3-9H2,1-2H3,(H,14,17)(H,15,20)(H,18,19). The maximum absolute atomic E-state index is 12.1. The molecule has 0 heterocycles. The third-order valence-corrected chi connectivity index (χ3v) is 3.52. The van der Waals surface area contributed by atoms with E-state index in [1.165, 1.54) is 11.9 Å². The van der Waals surface area contributed by atoms with Gasteiger partial charge in [0, 0.05) is 13.6 Å². The number of amides is 3. The number of urea groups is 1. The predicted molar refractivity (Wildman–Crippen MR) is 73.3 cm³/mol. The molecule has 0 atom stereocenters. The summed E-state index contributed by atoms with van der Waals surface area (Å²) in [6, 6.07) is -0.403. The fraction of sp³-hybridized carbons (Fsp3) is 0.769. The molecular weight excluding hydrogens is 262 g/mol. The van der Waals surface area contributed by atoms with Gasteiger partial charge in [0.25, 0.3) is 0 Å². The lowest BCUT2D eigenvalue weighted by atomic mass is 9.93. The summed E-state index contributed by atoms with van der Waals surface area (Å²) >= 11 is 0. The molecule has 7 nitrogen and oxygen atoms in total. The minimum atomic E-state index is -0.918. The van der Waals surface area contributed by atoms with Crippen LogP contribution >= 0.6 is 0 Å². The molecule has 114 valence electrons. The fourth-order valence-electron chi connectivity index (χ4n) is 2.55. The van der Waals surface area contributed by atoms with E-state index < -0.39 is 17.5 Å². The van der Waals surface area contributed by atoms with E-state index in [0.717, 1.165) is 12.8 Å². The zero-order valence-corrected chi connectivity index (χ0v) is 12.1. The van der Waals surface area contributed by atoms with Gasteiger partial charge in [-0.2, -0.15) is 0 Å². The van der Waals surface area contributed by atoms with Crippen LogP contribution in [0.1, 0.15) is 39.0 Å². The second kappa shape index (κ2) is 7.12. The van der Waals surface area contributed by atoms with Gasteiger partial charge in [-0.25, -0.2) is 4.79 Å². The van der Waals surface area contributed by atoms with E-state index in [1.807, 2.05) is 0 Å². The molecule has 1 aliphatic carbocycles. The fourth-order valence-corrected chi connectivity index (χ4v) is 2.55. The first-order chi connectivity index (χ1) is 9.38. The SMILES string of the molecule is CCNC(=O)CN(C)C(=O)NC1(CC(=O)O)CCCC1. The van der Waals surface area contributed by atoms with Gasteiger partial charge < -0.3 is 20.6 Å². The maximum atomic E-state index is 12.1. The lowest BCUT2D eigenvalue weighted by molar-refractivity contribution is -0.138. The van der Waals surface area contributed by atoms with Crippen LogP contribution in [-0.4, -0.2) is 53.6 Å². The van der Waals surface area contributed by atoms with Crippen molar-refractivity contribution in [2.24, 2.45) is 0 Å². The largest absolute Gasteiger partial charge is 0.481 e. The number of likely N-dealkylation sites (N-methyl/N-ethyl adjacent to an activating group) is 2. The smallest absolute Gasteiger partial charge is 0.318 e. The van der Waals surface area contributed by atoms with Crippen LogP contribution in [0, 0.1) is 0 Å². The van der Waals surface area contributed by atoms with E-state index in [1.54, 1.807) is 6.92 Å². The van der Waals surface area contributed by atoms with Gasteiger partial charge in [0.1, 0.15) is 6.54 Å². The van der Waals surface area contributed by atoms with Crippen molar-refractivity contribution in [2.45, 2.75) is 44.6 Å². The van der Waals surface area contributed by atoms with Crippen molar-refractivity contribution in [3.8, 4) is 0 Å². The van der Waals surface area contributed by atoms with E-state index in [-0.39, 0.29) is 18.9 Å². The lowest BCUT2D eigenvalue weighted by Gasteiger charge is -2.31. The quantitative estimate of drug-likeness (QED) is 0.663. The van der Waals surface area contributed by atoms with Gasteiger partial charge in [0.05, 0.1) is 12.0 Å². The minimum Gasteiger partial charge on any atom is -0.481 e. The lowest BCUT2D eigenvalue weighted by Crippen LogP contribution is -2.53.